The third kappa shape index (κ3) is 7.25. The van der Waals surface area contributed by atoms with E-state index < -0.39 is 14.0 Å². The molecule has 0 unspecified atom stereocenters. The van der Waals surface area contributed by atoms with Gasteiger partial charge in [0.2, 0.25) is 0 Å². The van der Waals surface area contributed by atoms with Crippen LogP contribution in [0.4, 0.5) is 4.79 Å². The minimum atomic E-state index is -0.932. The zero-order chi connectivity index (χ0) is 15.9. The van der Waals surface area contributed by atoms with Crippen LogP contribution in [0.1, 0.15) is 47.5 Å². The van der Waals surface area contributed by atoms with Crippen LogP contribution in [0.2, 0.25) is 0 Å². The zero-order valence-electron chi connectivity index (χ0n) is 13.8. The highest BCUT2D eigenvalue weighted by Crippen LogP contribution is 2.42. The van der Waals surface area contributed by atoms with Crippen LogP contribution < -0.4 is 0 Å². The van der Waals surface area contributed by atoms with Crippen LogP contribution in [0, 0.1) is 0 Å². The molecule has 0 aromatic rings. The standard InChI is InChI=1S/C15H28NO4P/c1-6-18-21(19-7-2)12-13-8-10-16(11-9-13)14(17)20-15(3,4)5/h12H,6-11H2,1-5H3. The van der Waals surface area contributed by atoms with E-state index in [1.54, 1.807) is 4.90 Å². The lowest BCUT2D eigenvalue weighted by Crippen LogP contribution is -2.40. The summed E-state index contributed by atoms with van der Waals surface area (Å²) in [7, 11) is -0.932. The predicted octanol–water partition coefficient (Wildman–Crippen LogP) is 4.29. The highest BCUT2D eigenvalue weighted by Gasteiger charge is 2.25. The molecule has 0 N–H and O–H groups in total. The molecule has 0 atom stereocenters. The van der Waals surface area contributed by atoms with Crippen molar-refractivity contribution in [1.82, 2.24) is 4.90 Å². The van der Waals surface area contributed by atoms with E-state index in [-0.39, 0.29) is 6.09 Å². The van der Waals surface area contributed by atoms with Crippen LogP contribution in [0.15, 0.2) is 11.4 Å². The number of hydrogen-bond acceptors (Lipinski definition) is 4. The first-order valence-electron chi connectivity index (χ1n) is 7.58. The van der Waals surface area contributed by atoms with Crippen molar-refractivity contribution < 1.29 is 18.6 Å². The number of rotatable bonds is 5. The predicted molar refractivity (Wildman–Crippen MR) is 85.3 cm³/mol. The lowest BCUT2D eigenvalue weighted by Gasteiger charge is -2.31. The van der Waals surface area contributed by atoms with Crippen molar-refractivity contribution in [1.29, 1.82) is 0 Å². The molecule has 21 heavy (non-hydrogen) atoms. The van der Waals surface area contributed by atoms with Gasteiger partial charge in [0.05, 0.1) is 13.2 Å². The molecule has 122 valence electrons. The second-order valence-electron chi connectivity index (χ2n) is 5.88. The lowest BCUT2D eigenvalue weighted by atomic mass is 10.1. The molecule has 1 amide bonds. The fraction of sp³-hybridized carbons (Fsp3) is 0.800. The van der Waals surface area contributed by atoms with Crippen molar-refractivity contribution in [2.75, 3.05) is 26.3 Å². The summed E-state index contributed by atoms with van der Waals surface area (Å²) < 4.78 is 16.6. The van der Waals surface area contributed by atoms with Gasteiger partial charge in [-0.2, -0.15) is 0 Å². The number of piperidine rings is 1. The molecule has 5 nitrogen and oxygen atoms in total. The molecular weight excluding hydrogens is 289 g/mol. The van der Waals surface area contributed by atoms with Gasteiger partial charge in [0.15, 0.2) is 8.38 Å². The first-order chi connectivity index (χ1) is 9.85. The Morgan fingerprint density at radius 1 is 1.19 bits per heavy atom. The van der Waals surface area contributed by atoms with Gasteiger partial charge in [-0.25, -0.2) is 4.79 Å². The average Bonchev–Trinajstić information content (AvgIpc) is 2.38. The van der Waals surface area contributed by atoms with E-state index in [9.17, 15) is 4.79 Å². The number of ether oxygens (including phenoxy) is 1. The highest BCUT2D eigenvalue weighted by atomic mass is 31.2. The van der Waals surface area contributed by atoms with Gasteiger partial charge in [0, 0.05) is 13.1 Å². The molecule has 0 radical (unpaired) electrons. The maximum absolute atomic E-state index is 12.0. The second kappa shape index (κ2) is 8.72. The maximum atomic E-state index is 12.0. The topological polar surface area (TPSA) is 48.0 Å². The van der Waals surface area contributed by atoms with Crippen LogP contribution in [-0.4, -0.2) is 42.9 Å². The third-order valence-corrected chi connectivity index (χ3v) is 4.46. The molecule has 0 saturated carbocycles. The van der Waals surface area contributed by atoms with E-state index in [0.717, 1.165) is 12.8 Å². The molecule has 1 saturated heterocycles. The molecular formula is C15H28NO4P. The van der Waals surface area contributed by atoms with Crippen molar-refractivity contribution in [3.63, 3.8) is 0 Å². The Morgan fingerprint density at radius 3 is 2.14 bits per heavy atom. The molecule has 1 aliphatic rings. The van der Waals surface area contributed by atoms with Gasteiger partial charge in [-0.15, -0.1) is 0 Å². The van der Waals surface area contributed by atoms with E-state index in [0.29, 0.717) is 26.3 Å². The van der Waals surface area contributed by atoms with Gasteiger partial charge in [-0.1, -0.05) is 5.57 Å². The van der Waals surface area contributed by atoms with Crippen molar-refractivity contribution in [2.45, 2.75) is 53.1 Å². The first-order valence-corrected chi connectivity index (χ1v) is 8.83. The molecule has 0 aromatic heterocycles. The monoisotopic (exact) mass is 317 g/mol. The van der Waals surface area contributed by atoms with Crippen LogP contribution in [-0.2, 0) is 13.8 Å². The van der Waals surface area contributed by atoms with Crippen LogP contribution in [0.5, 0.6) is 0 Å². The Balaban J connectivity index is 2.48. The molecule has 0 aromatic carbocycles. The van der Waals surface area contributed by atoms with E-state index in [4.69, 9.17) is 13.8 Å². The van der Waals surface area contributed by atoms with Crippen molar-refractivity contribution in [3.05, 3.63) is 11.4 Å². The molecule has 1 heterocycles. The summed E-state index contributed by atoms with van der Waals surface area (Å²) in [4.78, 5) is 13.8. The molecule has 1 fully saturated rings. The SMILES string of the molecule is CCOP(C=C1CCN(C(=O)OC(C)(C)C)CC1)OCC. The fourth-order valence-corrected chi connectivity index (χ4v) is 3.24. The minimum absolute atomic E-state index is 0.224. The Bertz CT molecular complexity index is 349. The molecule has 0 spiro atoms. The van der Waals surface area contributed by atoms with Crippen LogP contribution in [0.25, 0.3) is 0 Å². The molecule has 6 heteroatoms. The normalized spacial score (nSPS) is 16.3. The maximum Gasteiger partial charge on any atom is 0.410 e. The van der Waals surface area contributed by atoms with Crippen molar-refractivity contribution in [2.24, 2.45) is 0 Å². The summed E-state index contributed by atoms with van der Waals surface area (Å²) >= 11 is 0. The number of nitrogens with zero attached hydrogens (tertiary/aromatic N) is 1. The lowest BCUT2D eigenvalue weighted by molar-refractivity contribution is 0.0236. The third-order valence-electron chi connectivity index (χ3n) is 2.86. The summed E-state index contributed by atoms with van der Waals surface area (Å²) in [5, 5.41) is 0. The van der Waals surface area contributed by atoms with E-state index in [1.807, 2.05) is 34.6 Å². The van der Waals surface area contributed by atoms with Crippen LogP contribution >= 0.6 is 8.38 Å². The fourth-order valence-electron chi connectivity index (χ4n) is 1.95. The largest absolute Gasteiger partial charge is 0.444 e. The number of carbonyl (C=O) groups is 1. The smallest absolute Gasteiger partial charge is 0.410 e. The van der Waals surface area contributed by atoms with Gasteiger partial charge >= 0.3 is 6.09 Å². The molecule has 1 rings (SSSR count). The van der Waals surface area contributed by atoms with Crippen LogP contribution in [0.3, 0.4) is 0 Å². The molecule has 0 aliphatic carbocycles. The Labute approximate surface area is 129 Å². The Kier molecular flexibility index (Phi) is 7.64. The highest BCUT2D eigenvalue weighted by molar-refractivity contribution is 7.50. The average molecular weight is 317 g/mol. The number of hydrogen-bond donors (Lipinski definition) is 0. The van der Waals surface area contributed by atoms with Crippen molar-refractivity contribution in [3.8, 4) is 0 Å². The van der Waals surface area contributed by atoms with Crippen molar-refractivity contribution >= 4 is 14.5 Å². The Hall–Kier alpha value is -0.640. The number of carbonyl (C=O) groups excluding carboxylic acids is 1. The van der Waals surface area contributed by atoms with E-state index >= 15 is 0 Å². The van der Waals surface area contributed by atoms with Gasteiger partial charge in [-0.05, 0) is 53.3 Å². The first kappa shape index (κ1) is 18.4. The van der Waals surface area contributed by atoms with Gasteiger partial charge in [-0.3, -0.25) is 0 Å². The second-order valence-corrected chi connectivity index (χ2v) is 7.22. The quantitative estimate of drug-likeness (QED) is 0.710. The van der Waals surface area contributed by atoms with Gasteiger partial charge in [0.1, 0.15) is 5.60 Å². The molecule has 1 aliphatic heterocycles. The summed E-state index contributed by atoms with van der Waals surface area (Å²) in [6.07, 6.45) is 1.50. The minimum Gasteiger partial charge on any atom is -0.444 e. The summed E-state index contributed by atoms with van der Waals surface area (Å²) in [5.74, 6) is 2.11. The summed E-state index contributed by atoms with van der Waals surface area (Å²) in [6.45, 7) is 12.3. The van der Waals surface area contributed by atoms with Gasteiger partial charge < -0.3 is 18.7 Å². The zero-order valence-corrected chi connectivity index (χ0v) is 14.7. The molecule has 0 bridgehead atoms. The van der Waals surface area contributed by atoms with Gasteiger partial charge in [0.25, 0.3) is 0 Å². The number of likely N-dealkylation sites (tertiary alicyclic amines) is 1. The van der Waals surface area contributed by atoms with E-state index in [2.05, 4.69) is 5.82 Å². The number of amides is 1. The Morgan fingerprint density at radius 2 is 1.71 bits per heavy atom. The summed E-state index contributed by atoms with van der Waals surface area (Å²) in [5.41, 5.74) is 0.869. The summed E-state index contributed by atoms with van der Waals surface area (Å²) in [6, 6.07) is 0. The van der Waals surface area contributed by atoms with E-state index in [1.165, 1.54) is 5.57 Å².